The van der Waals surface area contributed by atoms with Gasteiger partial charge in [-0.1, -0.05) is 60.7 Å². The first-order valence-electron chi connectivity index (χ1n) is 9.34. The van der Waals surface area contributed by atoms with Gasteiger partial charge in [-0.2, -0.15) is 0 Å². The number of nitrogens with zero attached hydrogens (tertiary/aromatic N) is 1. The van der Waals surface area contributed by atoms with Gasteiger partial charge in [0, 0.05) is 11.6 Å². The molecule has 1 heterocycles. The highest BCUT2D eigenvalue weighted by atomic mass is 32.1. The molecular weight excluding hydrogens is 354 g/mol. The van der Waals surface area contributed by atoms with E-state index in [1.54, 1.807) is 0 Å². The monoisotopic (exact) mass is 381 g/mol. The Bertz CT molecular complexity index is 752. The normalized spacial score (nSPS) is 18.9. The number of carbonyl (C=O) groups excluding carboxylic acids is 1. The molecule has 27 heavy (non-hydrogen) atoms. The van der Waals surface area contributed by atoms with Crippen LogP contribution >= 0.6 is 12.2 Å². The van der Waals surface area contributed by atoms with Crippen molar-refractivity contribution >= 4 is 23.2 Å². The van der Waals surface area contributed by atoms with Crippen LogP contribution in [0.25, 0.3) is 0 Å². The van der Waals surface area contributed by atoms with Gasteiger partial charge in [0.25, 0.3) is 0 Å². The molecular formula is C22H27N3OS. The average molecular weight is 382 g/mol. The first-order valence-corrected chi connectivity index (χ1v) is 9.74. The second kappa shape index (κ2) is 8.09. The molecule has 1 amide bonds. The highest BCUT2D eigenvalue weighted by Crippen LogP contribution is 2.24. The molecule has 0 radical (unpaired) electrons. The standard InChI is InChI=1S/C22H27N3OS/c1-16-14-22(2,3)24-21(27)25(16)15-19(26)23-20(17-10-6-4-7-11-17)18-12-8-5-9-13-18/h4-13,16,20H,14-15H2,1-3H3,(H,23,26)(H,24,27). The average Bonchev–Trinajstić information content (AvgIpc) is 2.63. The molecule has 3 rings (SSSR count). The summed E-state index contributed by atoms with van der Waals surface area (Å²) in [6.07, 6.45) is 0.932. The van der Waals surface area contributed by atoms with E-state index >= 15 is 0 Å². The van der Waals surface area contributed by atoms with Crippen LogP contribution in [0, 0.1) is 0 Å². The second-order valence-electron chi connectivity index (χ2n) is 7.82. The van der Waals surface area contributed by atoms with Crippen molar-refractivity contribution in [2.75, 3.05) is 6.54 Å². The summed E-state index contributed by atoms with van der Waals surface area (Å²) >= 11 is 5.51. The van der Waals surface area contributed by atoms with Gasteiger partial charge in [-0.25, -0.2) is 0 Å². The second-order valence-corrected chi connectivity index (χ2v) is 8.20. The quantitative estimate of drug-likeness (QED) is 0.776. The molecule has 0 saturated carbocycles. The molecule has 0 spiro atoms. The minimum atomic E-state index is -0.182. The van der Waals surface area contributed by atoms with Crippen LogP contribution in [-0.4, -0.2) is 34.0 Å². The van der Waals surface area contributed by atoms with Gasteiger partial charge < -0.3 is 15.5 Å². The lowest BCUT2D eigenvalue weighted by atomic mass is 9.93. The number of carbonyl (C=O) groups is 1. The van der Waals surface area contributed by atoms with Gasteiger partial charge in [0.15, 0.2) is 5.11 Å². The molecule has 1 fully saturated rings. The molecule has 0 bridgehead atoms. The Balaban J connectivity index is 1.75. The zero-order valence-corrected chi connectivity index (χ0v) is 16.9. The van der Waals surface area contributed by atoms with E-state index in [-0.39, 0.29) is 30.1 Å². The fourth-order valence-corrected chi connectivity index (χ4v) is 4.22. The molecule has 4 nitrogen and oxygen atoms in total. The van der Waals surface area contributed by atoms with Crippen molar-refractivity contribution in [3.63, 3.8) is 0 Å². The van der Waals surface area contributed by atoms with Gasteiger partial charge in [0.2, 0.25) is 5.91 Å². The van der Waals surface area contributed by atoms with E-state index in [1.165, 1.54) is 0 Å². The van der Waals surface area contributed by atoms with E-state index in [2.05, 4.69) is 31.4 Å². The van der Waals surface area contributed by atoms with Crippen molar-refractivity contribution in [2.24, 2.45) is 0 Å². The van der Waals surface area contributed by atoms with E-state index in [4.69, 9.17) is 12.2 Å². The molecule has 1 aliphatic heterocycles. The number of benzene rings is 2. The molecule has 5 heteroatoms. The summed E-state index contributed by atoms with van der Waals surface area (Å²) in [6, 6.07) is 20.1. The highest BCUT2D eigenvalue weighted by molar-refractivity contribution is 7.80. The first kappa shape index (κ1) is 19.4. The van der Waals surface area contributed by atoms with E-state index in [0.29, 0.717) is 5.11 Å². The first-order chi connectivity index (χ1) is 12.9. The number of rotatable bonds is 5. The summed E-state index contributed by atoms with van der Waals surface area (Å²) in [5.74, 6) is -0.0385. The van der Waals surface area contributed by atoms with Crippen LogP contribution in [0.4, 0.5) is 0 Å². The summed E-state index contributed by atoms with van der Waals surface area (Å²) in [5, 5.41) is 7.17. The van der Waals surface area contributed by atoms with Crippen molar-refractivity contribution in [3.05, 3.63) is 71.8 Å². The molecule has 1 unspecified atom stereocenters. The van der Waals surface area contributed by atoms with Gasteiger partial charge >= 0.3 is 0 Å². The number of hydrogen-bond donors (Lipinski definition) is 2. The summed E-state index contributed by atoms with van der Waals surface area (Å²) < 4.78 is 0. The fourth-order valence-electron chi connectivity index (χ4n) is 3.70. The maximum absolute atomic E-state index is 12.9. The third-order valence-electron chi connectivity index (χ3n) is 4.93. The summed E-state index contributed by atoms with van der Waals surface area (Å²) in [7, 11) is 0. The predicted molar refractivity (Wildman–Crippen MR) is 113 cm³/mol. The van der Waals surface area contributed by atoms with E-state index in [0.717, 1.165) is 17.5 Å². The zero-order valence-electron chi connectivity index (χ0n) is 16.1. The molecule has 1 atom stereocenters. The lowest BCUT2D eigenvalue weighted by molar-refractivity contribution is -0.122. The number of amides is 1. The molecule has 1 saturated heterocycles. The maximum atomic E-state index is 12.9. The van der Waals surface area contributed by atoms with Gasteiger partial charge in [-0.15, -0.1) is 0 Å². The molecule has 2 aromatic carbocycles. The van der Waals surface area contributed by atoms with E-state index in [9.17, 15) is 4.79 Å². The number of nitrogens with one attached hydrogen (secondary N) is 2. The molecule has 142 valence electrons. The Morgan fingerprint density at radius 3 is 2.15 bits per heavy atom. The molecule has 0 aromatic heterocycles. The van der Waals surface area contributed by atoms with Crippen LogP contribution in [0.1, 0.15) is 44.4 Å². The van der Waals surface area contributed by atoms with Crippen LogP contribution in [-0.2, 0) is 4.79 Å². The largest absolute Gasteiger partial charge is 0.358 e. The maximum Gasteiger partial charge on any atom is 0.240 e. The Morgan fingerprint density at radius 2 is 1.67 bits per heavy atom. The topological polar surface area (TPSA) is 44.4 Å². The minimum absolute atomic E-state index is 0.0385. The summed E-state index contributed by atoms with van der Waals surface area (Å²) in [5.41, 5.74) is 2.08. The number of thiocarbonyl (C=S) groups is 1. The number of hydrogen-bond acceptors (Lipinski definition) is 2. The Kier molecular flexibility index (Phi) is 5.80. The molecule has 0 aliphatic carbocycles. The van der Waals surface area contributed by atoms with E-state index in [1.807, 2.05) is 65.6 Å². The van der Waals surface area contributed by atoms with Gasteiger partial charge in [0.05, 0.1) is 12.6 Å². The van der Waals surface area contributed by atoms with Crippen LogP contribution in [0.5, 0.6) is 0 Å². The molecule has 1 aliphatic rings. The van der Waals surface area contributed by atoms with Crippen LogP contribution in [0.2, 0.25) is 0 Å². The Labute approximate surface area is 167 Å². The highest BCUT2D eigenvalue weighted by Gasteiger charge is 2.34. The van der Waals surface area contributed by atoms with Crippen LogP contribution in [0.15, 0.2) is 60.7 Å². The fraction of sp³-hybridized carbons (Fsp3) is 0.364. The molecule has 2 N–H and O–H groups in total. The molecule has 2 aromatic rings. The smallest absolute Gasteiger partial charge is 0.240 e. The lowest BCUT2D eigenvalue weighted by Gasteiger charge is -2.44. The Morgan fingerprint density at radius 1 is 1.15 bits per heavy atom. The van der Waals surface area contributed by atoms with Gasteiger partial charge in [-0.05, 0) is 50.5 Å². The zero-order chi connectivity index (χ0) is 19.4. The van der Waals surface area contributed by atoms with E-state index < -0.39 is 0 Å². The van der Waals surface area contributed by atoms with Crippen molar-refractivity contribution in [3.8, 4) is 0 Å². The third-order valence-corrected chi connectivity index (χ3v) is 5.27. The lowest BCUT2D eigenvalue weighted by Crippen LogP contribution is -2.61. The summed E-state index contributed by atoms with van der Waals surface area (Å²) in [4.78, 5) is 14.9. The van der Waals surface area contributed by atoms with Crippen molar-refractivity contribution in [1.29, 1.82) is 0 Å². The summed E-state index contributed by atoms with van der Waals surface area (Å²) in [6.45, 7) is 6.63. The minimum Gasteiger partial charge on any atom is -0.358 e. The Hall–Kier alpha value is -2.40. The van der Waals surface area contributed by atoms with Crippen LogP contribution in [0.3, 0.4) is 0 Å². The van der Waals surface area contributed by atoms with Gasteiger partial charge in [0.1, 0.15) is 0 Å². The van der Waals surface area contributed by atoms with Crippen molar-refractivity contribution in [1.82, 2.24) is 15.5 Å². The SMILES string of the molecule is CC1CC(C)(C)NC(=S)N1CC(=O)NC(c1ccccc1)c1ccccc1. The van der Waals surface area contributed by atoms with Crippen molar-refractivity contribution < 1.29 is 4.79 Å². The predicted octanol–water partition coefficient (Wildman–Crippen LogP) is 3.64. The van der Waals surface area contributed by atoms with Crippen molar-refractivity contribution in [2.45, 2.75) is 44.8 Å². The third kappa shape index (κ3) is 4.86. The van der Waals surface area contributed by atoms with Gasteiger partial charge in [-0.3, -0.25) is 4.79 Å². The van der Waals surface area contributed by atoms with Crippen LogP contribution < -0.4 is 10.6 Å².